The largest absolute Gasteiger partial charge is 0.314 e. The summed E-state index contributed by atoms with van der Waals surface area (Å²) in [6.07, 6.45) is 7.62. The maximum atomic E-state index is 4.48. The lowest BCUT2D eigenvalue weighted by Crippen LogP contribution is -1.91. The van der Waals surface area contributed by atoms with Crippen LogP contribution in [0.5, 0.6) is 0 Å². The van der Waals surface area contributed by atoms with Crippen LogP contribution < -0.4 is 0 Å². The lowest BCUT2D eigenvalue weighted by Gasteiger charge is -2.07. The molecule has 0 amide bonds. The fourth-order valence-corrected chi connectivity index (χ4v) is 2.42. The Bertz CT molecular complexity index is 776. The number of pyridine rings is 3. The van der Waals surface area contributed by atoms with Gasteiger partial charge in [0.05, 0.1) is 16.6 Å². The second-order valence-corrected chi connectivity index (χ2v) is 4.06. The minimum Gasteiger partial charge on any atom is -0.314 e. The molecule has 0 aliphatic heterocycles. The summed E-state index contributed by atoms with van der Waals surface area (Å²) in [6, 6.07) is 10.2. The van der Waals surface area contributed by atoms with Crippen LogP contribution in [-0.2, 0) is 0 Å². The van der Waals surface area contributed by atoms with Gasteiger partial charge >= 0.3 is 0 Å². The van der Waals surface area contributed by atoms with Gasteiger partial charge in [0.1, 0.15) is 0 Å². The second kappa shape index (κ2) is 3.04. The summed E-state index contributed by atoms with van der Waals surface area (Å²) in [5, 5.41) is 2.29. The van der Waals surface area contributed by atoms with Crippen LogP contribution in [0, 0.1) is 0 Å². The molecule has 0 unspecified atom stereocenters. The Labute approximate surface area is 97.4 Å². The number of aromatic nitrogens is 3. The van der Waals surface area contributed by atoms with E-state index in [1.54, 1.807) is 0 Å². The molecule has 0 spiro atoms. The molecular formula is C14H9N3. The minimum absolute atomic E-state index is 1.03. The highest BCUT2D eigenvalue weighted by Gasteiger charge is 2.07. The highest BCUT2D eigenvalue weighted by molar-refractivity contribution is 6.10. The Morgan fingerprint density at radius 1 is 0.882 bits per heavy atom. The summed E-state index contributed by atoms with van der Waals surface area (Å²) < 4.78 is 2.16. The van der Waals surface area contributed by atoms with Crippen molar-refractivity contribution in [1.82, 2.24) is 14.4 Å². The fraction of sp³-hybridized carbons (Fsp3) is 0. The van der Waals surface area contributed by atoms with Crippen LogP contribution in [0.25, 0.3) is 27.3 Å². The molecule has 0 saturated carbocycles. The van der Waals surface area contributed by atoms with Crippen LogP contribution >= 0.6 is 0 Å². The Balaban J connectivity index is 2.48. The number of hydrogen-bond acceptors (Lipinski definition) is 2. The first kappa shape index (κ1) is 8.70. The molecule has 4 rings (SSSR count). The molecule has 3 heteroatoms. The maximum absolute atomic E-state index is 4.48. The number of nitrogens with zero attached hydrogens (tertiary/aromatic N) is 3. The predicted molar refractivity (Wildman–Crippen MR) is 68.0 cm³/mol. The zero-order valence-electron chi connectivity index (χ0n) is 9.04. The van der Waals surface area contributed by atoms with Crippen molar-refractivity contribution < 1.29 is 0 Å². The molecule has 0 aromatic carbocycles. The summed E-state index contributed by atoms with van der Waals surface area (Å²) in [5.41, 5.74) is 3.33. The van der Waals surface area contributed by atoms with Crippen molar-refractivity contribution in [2.45, 2.75) is 0 Å². The van der Waals surface area contributed by atoms with Crippen LogP contribution in [0.15, 0.2) is 55.1 Å². The lowest BCUT2D eigenvalue weighted by molar-refractivity contribution is 1.25. The van der Waals surface area contributed by atoms with E-state index < -0.39 is 0 Å². The van der Waals surface area contributed by atoms with Gasteiger partial charge in [-0.15, -0.1) is 0 Å². The number of rotatable bonds is 0. The zero-order valence-corrected chi connectivity index (χ0v) is 9.04. The third-order valence-electron chi connectivity index (χ3n) is 3.15. The van der Waals surface area contributed by atoms with E-state index in [0.29, 0.717) is 0 Å². The van der Waals surface area contributed by atoms with Gasteiger partial charge in [0.15, 0.2) is 0 Å². The average molecular weight is 219 g/mol. The summed E-state index contributed by atoms with van der Waals surface area (Å²) in [5.74, 6) is 0. The van der Waals surface area contributed by atoms with E-state index >= 15 is 0 Å². The molecule has 0 radical (unpaired) electrons. The van der Waals surface area contributed by atoms with E-state index in [1.165, 1.54) is 5.52 Å². The Morgan fingerprint density at radius 2 is 1.88 bits per heavy atom. The molecule has 4 aromatic heterocycles. The molecule has 0 fully saturated rings. The van der Waals surface area contributed by atoms with Crippen molar-refractivity contribution in [3.05, 3.63) is 55.1 Å². The first-order valence-corrected chi connectivity index (χ1v) is 5.52. The van der Waals surface area contributed by atoms with Gasteiger partial charge < -0.3 is 4.40 Å². The quantitative estimate of drug-likeness (QED) is 0.425. The Hall–Kier alpha value is -2.42. The van der Waals surface area contributed by atoms with Crippen molar-refractivity contribution in [1.29, 1.82) is 0 Å². The van der Waals surface area contributed by atoms with Crippen LogP contribution in [0.3, 0.4) is 0 Å². The lowest BCUT2D eigenvalue weighted by atomic mass is 10.1. The van der Waals surface area contributed by atoms with E-state index in [2.05, 4.69) is 32.7 Å². The van der Waals surface area contributed by atoms with Crippen LogP contribution in [0.4, 0.5) is 0 Å². The molecule has 3 nitrogen and oxygen atoms in total. The van der Waals surface area contributed by atoms with Gasteiger partial charge in [-0.3, -0.25) is 9.97 Å². The summed E-state index contributed by atoms with van der Waals surface area (Å²) >= 11 is 0. The van der Waals surface area contributed by atoms with E-state index in [-0.39, 0.29) is 0 Å². The van der Waals surface area contributed by atoms with Gasteiger partial charge in [-0.2, -0.15) is 0 Å². The van der Waals surface area contributed by atoms with Crippen LogP contribution in [0.2, 0.25) is 0 Å². The van der Waals surface area contributed by atoms with Crippen molar-refractivity contribution in [2.24, 2.45) is 0 Å². The molecular weight excluding hydrogens is 210 g/mol. The molecule has 0 saturated heterocycles. The molecule has 4 aromatic rings. The third-order valence-corrected chi connectivity index (χ3v) is 3.15. The van der Waals surface area contributed by atoms with E-state index in [4.69, 9.17) is 0 Å². The van der Waals surface area contributed by atoms with Crippen LogP contribution in [0.1, 0.15) is 0 Å². The smallest absolute Gasteiger partial charge is 0.0949 e. The molecule has 0 N–H and O–H groups in total. The van der Waals surface area contributed by atoms with Crippen molar-refractivity contribution >= 4 is 27.3 Å². The molecule has 0 aliphatic rings. The van der Waals surface area contributed by atoms with Crippen molar-refractivity contribution in [3.63, 3.8) is 0 Å². The van der Waals surface area contributed by atoms with E-state index in [9.17, 15) is 0 Å². The van der Waals surface area contributed by atoms with Gasteiger partial charge in [-0.05, 0) is 24.3 Å². The minimum atomic E-state index is 1.03. The molecule has 80 valence electrons. The van der Waals surface area contributed by atoms with E-state index in [0.717, 1.165) is 21.8 Å². The molecule has 0 aliphatic carbocycles. The first-order valence-electron chi connectivity index (χ1n) is 5.52. The standard InChI is InChI=1S/C14H9N3/c1-3-10-11-9-15-7-5-12(11)17-8-2-4-13(17)14(10)16-6-1/h1-9H. The van der Waals surface area contributed by atoms with Gasteiger partial charge in [0.25, 0.3) is 0 Å². The predicted octanol–water partition coefficient (Wildman–Crippen LogP) is 3.04. The highest BCUT2D eigenvalue weighted by Crippen LogP contribution is 2.27. The number of fused-ring (bicyclic) bond motifs is 6. The van der Waals surface area contributed by atoms with E-state index in [1.807, 2.05) is 36.8 Å². The summed E-state index contributed by atoms with van der Waals surface area (Å²) in [6.45, 7) is 0. The van der Waals surface area contributed by atoms with Crippen molar-refractivity contribution in [2.75, 3.05) is 0 Å². The van der Waals surface area contributed by atoms with Crippen molar-refractivity contribution in [3.8, 4) is 0 Å². The molecule has 17 heavy (non-hydrogen) atoms. The Kier molecular flexibility index (Phi) is 1.56. The monoisotopic (exact) mass is 219 g/mol. The zero-order chi connectivity index (χ0) is 11.2. The molecule has 0 bridgehead atoms. The topological polar surface area (TPSA) is 30.2 Å². The molecule has 4 heterocycles. The maximum Gasteiger partial charge on any atom is 0.0949 e. The summed E-state index contributed by atoms with van der Waals surface area (Å²) in [7, 11) is 0. The molecule has 0 atom stereocenters. The SMILES string of the molecule is c1cnc2c(c1)c1cnccc1n1cccc21. The average Bonchev–Trinajstić information content (AvgIpc) is 2.89. The third kappa shape index (κ3) is 1.05. The normalized spacial score (nSPS) is 11.5. The van der Waals surface area contributed by atoms with Gasteiger partial charge in [0.2, 0.25) is 0 Å². The first-order chi connectivity index (χ1) is 8.45. The van der Waals surface area contributed by atoms with Crippen LogP contribution in [-0.4, -0.2) is 14.4 Å². The number of hydrogen-bond donors (Lipinski definition) is 0. The van der Waals surface area contributed by atoms with Gasteiger partial charge in [0, 0.05) is 35.6 Å². The van der Waals surface area contributed by atoms with Gasteiger partial charge in [-0.25, -0.2) is 0 Å². The Morgan fingerprint density at radius 3 is 2.88 bits per heavy atom. The van der Waals surface area contributed by atoms with Gasteiger partial charge in [-0.1, -0.05) is 6.07 Å². The fourth-order valence-electron chi connectivity index (χ4n) is 2.42. The summed E-state index contributed by atoms with van der Waals surface area (Å²) in [4.78, 5) is 8.70. The second-order valence-electron chi connectivity index (χ2n) is 4.06. The highest BCUT2D eigenvalue weighted by atomic mass is 14.9.